The fraction of sp³-hybridized carbons (Fsp3) is 0.500. The molecular weight excluding hydrogens is 369 g/mol. The number of hydroxylamine groups is 2. The van der Waals surface area contributed by atoms with Gasteiger partial charge in [-0.1, -0.05) is 0 Å². The summed E-state index contributed by atoms with van der Waals surface area (Å²) >= 11 is 0. The highest BCUT2D eigenvalue weighted by atomic mass is 31.2. The van der Waals surface area contributed by atoms with Gasteiger partial charge in [0.05, 0.1) is 0 Å². The van der Waals surface area contributed by atoms with Gasteiger partial charge in [0.25, 0.3) is 31.1 Å². The number of nitrogens with zero attached hydrogens (tertiary/aromatic N) is 3. The van der Waals surface area contributed by atoms with Gasteiger partial charge >= 0.3 is 5.97 Å². The molecular formula is C14H18N3O8P. The summed E-state index contributed by atoms with van der Waals surface area (Å²) in [6, 6.07) is 0. The molecule has 0 aromatic carbocycles. The highest BCUT2D eigenvalue weighted by Crippen LogP contribution is 2.40. The topological polar surface area (TPSA) is 142 Å². The molecule has 12 heteroatoms. The number of hydrogen-bond acceptors (Lipinski definition) is 7. The van der Waals surface area contributed by atoms with Crippen LogP contribution in [0, 0.1) is 0 Å². The Morgan fingerprint density at radius 1 is 1.19 bits per heavy atom. The van der Waals surface area contributed by atoms with E-state index in [-0.39, 0.29) is 32.4 Å². The number of rotatable bonds is 8. The Labute approximate surface area is 148 Å². The second kappa shape index (κ2) is 7.90. The van der Waals surface area contributed by atoms with Crippen LogP contribution >= 0.6 is 7.52 Å². The lowest BCUT2D eigenvalue weighted by Gasteiger charge is -2.25. The van der Waals surface area contributed by atoms with Gasteiger partial charge in [0.2, 0.25) is 0 Å². The number of carbonyl (C=O) groups is 5. The normalized spacial score (nSPS) is 19.7. The van der Waals surface area contributed by atoms with Crippen molar-refractivity contribution in [3.63, 3.8) is 0 Å². The van der Waals surface area contributed by atoms with Crippen LogP contribution in [0.5, 0.6) is 0 Å². The molecule has 2 heterocycles. The predicted molar refractivity (Wildman–Crippen MR) is 85.0 cm³/mol. The summed E-state index contributed by atoms with van der Waals surface area (Å²) in [6.07, 6.45) is 2.27. The summed E-state index contributed by atoms with van der Waals surface area (Å²) < 4.78 is 12.9. The van der Waals surface area contributed by atoms with E-state index in [1.54, 1.807) is 0 Å². The molecule has 2 aliphatic heterocycles. The summed E-state index contributed by atoms with van der Waals surface area (Å²) in [6.45, 7) is 0.305. The van der Waals surface area contributed by atoms with E-state index < -0.39 is 43.7 Å². The number of amides is 4. The van der Waals surface area contributed by atoms with Crippen LogP contribution in [-0.4, -0.2) is 75.4 Å². The molecule has 0 spiro atoms. The van der Waals surface area contributed by atoms with Crippen molar-refractivity contribution in [2.75, 3.05) is 26.3 Å². The summed E-state index contributed by atoms with van der Waals surface area (Å²) in [5, 5.41) is 0.353. The van der Waals surface area contributed by atoms with Crippen molar-refractivity contribution < 1.29 is 38.3 Å². The third-order valence-corrected chi connectivity index (χ3v) is 5.12. The Kier molecular flexibility index (Phi) is 6.06. The van der Waals surface area contributed by atoms with Crippen molar-refractivity contribution >= 4 is 37.1 Å². The Morgan fingerprint density at radius 2 is 1.73 bits per heavy atom. The molecule has 1 saturated heterocycles. The summed E-state index contributed by atoms with van der Waals surface area (Å²) in [7, 11) is -3.86. The van der Waals surface area contributed by atoms with Crippen LogP contribution in [0.3, 0.4) is 0 Å². The van der Waals surface area contributed by atoms with Crippen molar-refractivity contribution in [1.82, 2.24) is 14.6 Å². The Balaban J connectivity index is 1.89. The van der Waals surface area contributed by atoms with Crippen LogP contribution in [0.15, 0.2) is 12.2 Å². The van der Waals surface area contributed by atoms with E-state index in [1.807, 2.05) is 0 Å². The van der Waals surface area contributed by atoms with Crippen molar-refractivity contribution in [2.24, 2.45) is 0 Å². The molecule has 26 heavy (non-hydrogen) atoms. The highest BCUT2D eigenvalue weighted by Gasteiger charge is 2.34. The molecule has 1 fully saturated rings. The van der Waals surface area contributed by atoms with Gasteiger partial charge < -0.3 is 9.73 Å². The lowest BCUT2D eigenvalue weighted by molar-refractivity contribution is -0.197. The monoisotopic (exact) mass is 387 g/mol. The minimum Gasteiger partial charge on any atom is -0.333 e. The number of hydrogen-bond donors (Lipinski definition) is 1. The van der Waals surface area contributed by atoms with Crippen LogP contribution in [0.1, 0.15) is 19.3 Å². The molecule has 0 radical (unpaired) electrons. The summed E-state index contributed by atoms with van der Waals surface area (Å²) in [4.78, 5) is 73.0. The lowest BCUT2D eigenvalue weighted by atomic mass is 10.3. The van der Waals surface area contributed by atoms with Crippen molar-refractivity contribution in [2.45, 2.75) is 19.3 Å². The SMILES string of the molecule is CP(=O)(O)N(CCCN1C(=O)C=CC1=O)CC(=O)ON1C(=O)CCC1=O. The molecule has 0 aromatic heterocycles. The maximum absolute atomic E-state index is 11.9. The zero-order valence-electron chi connectivity index (χ0n) is 14.0. The second-order valence-electron chi connectivity index (χ2n) is 5.78. The predicted octanol–water partition coefficient (Wildman–Crippen LogP) is -0.974. The zero-order chi connectivity index (χ0) is 19.5. The van der Waals surface area contributed by atoms with Crippen LogP contribution in [-0.2, 0) is 33.4 Å². The van der Waals surface area contributed by atoms with E-state index in [9.17, 15) is 33.4 Å². The van der Waals surface area contributed by atoms with E-state index in [4.69, 9.17) is 0 Å². The fourth-order valence-corrected chi connectivity index (χ4v) is 3.29. The van der Waals surface area contributed by atoms with E-state index >= 15 is 0 Å². The minimum atomic E-state index is -3.86. The average molecular weight is 387 g/mol. The zero-order valence-corrected chi connectivity index (χ0v) is 14.9. The number of imide groups is 2. The molecule has 1 atom stereocenters. The lowest BCUT2D eigenvalue weighted by Crippen LogP contribution is -2.38. The molecule has 142 valence electrons. The highest BCUT2D eigenvalue weighted by molar-refractivity contribution is 7.54. The maximum atomic E-state index is 11.9. The van der Waals surface area contributed by atoms with Gasteiger partial charge in [-0.2, -0.15) is 0 Å². The molecule has 2 rings (SSSR count). The van der Waals surface area contributed by atoms with Crippen LogP contribution in [0.2, 0.25) is 0 Å². The summed E-state index contributed by atoms with van der Waals surface area (Å²) in [5.41, 5.74) is 0. The van der Waals surface area contributed by atoms with Crippen LogP contribution < -0.4 is 0 Å². The van der Waals surface area contributed by atoms with Crippen LogP contribution in [0.4, 0.5) is 0 Å². The molecule has 11 nitrogen and oxygen atoms in total. The third-order valence-electron chi connectivity index (χ3n) is 3.73. The molecule has 0 aromatic rings. The van der Waals surface area contributed by atoms with E-state index in [1.165, 1.54) is 0 Å². The van der Waals surface area contributed by atoms with Gasteiger partial charge in [-0.3, -0.25) is 28.6 Å². The van der Waals surface area contributed by atoms with Gasteiger partial charge in [0.1, 0.15) is 6.54 Å². The van der Waals surface area contributed by atoms with Crippen molar-refractivity contribution in [1.29, 1.82) is 0 Å². The molecule has 0 saturated carbocycles. The molecule has 0 aliphatic carbocycles. The molecule has 1 unspecified atom stereocenters. The van der Waals surface area contributed by atoms with E-state index in [0.717, 1.165) is 28.4 Å². The van der Waals surface area contributed by atoms with Crippen LogP contribution in [0.25, 0.3) is 0 Å². The fourth-order valence-electron chi connectivity index (χ4n) is 2.40. The Bertz CT molecular complexity index is 694. The first-order chi connectivity index (χ1) is 12.1. The maximum Gasteiger partial charge on any atom is 0.347 e. The van der Waals surface area contributed by atoms with Gasteiger partial charge in [-0.05, 0) is 6.42 Å². The molecule has 1 N–H and O–H groups in total. The molecule has 2 aliphatic rings. The Morgan fingerprint density at radius 3 is 2.23 bits per heavy atom. The first-order valence-corrected chi connectivity index (χ1v) is 9.81. The van der Waals surface area contributed by atoms with Crippen molar-refractivity contribution in [3.05, 3.63) is 12.2 Å². The quantitative estimate of drug-likeness (QED) is 0.411. The van der Waals surface area contributed by atoms with Crippen molar-refractivity contribution in [3.8, 4) is 0 Å². The van der Waals surface area contributed by atoms with Gasteiger partial charge in [0.15, 0.2) is 0 Å². The van der Waals surface area contributed by atoms with Gasteiger partial charge in [0, 0.05) is 44.7 Å². The number of carbonyl (C=O) groups excluding carboxylic acids is 5. The average Bonchev–Trinajstić information content (AvgIpc) is 3.02. The second-order valence-corrected chi connectivity index (χ2v) is 8.02. The molecule has 0 bridgehead atoms. The van der Waals surface area contributed by atoms with E-state index in [2.05, 4.69) is 4.84 Å². The standard InChI is InChI=1S/C14H18N3O8P/c1-26(23,24)15(7-2-8-16-10(18)3-4-11(16)19)9-14(22)25-17-12(20)5-6-13(17)21/h3-4H,2,5-9H2,1H3,(H,23,24). The largest absolute Gasteiger partial charge is 0.347 e. The van der Waals surface area contributed by atoms with Gasteiger partial charge in [-0.15, -0.1) is 5.06 Å². The first kappa shape index (κ1) is 20.0. The first-order valence-electron chi connectivity index (χ1n) is 7.75. The third kappa shape index (κ3) is 4.84. The van der Waals surface area contributed by atoms with E-state index in [0.29, 0.717) is 5.06 Å². The smallest absolute Gasteiger partial charge is 0.333 e. The Hall–Kier alpha value is -2.36. The minimum absolute atomic E-state index is 0.0132. The summed E-state index contributed by atoms with van der Waals surface area (Å²) in [5.74, 6) is -3.31. The molecule has 4 amide bonds. The van der Waals surface area contributed by atoms with Gasteiger partial charge in [-0.25, -0.2) is 9.46 Å².